The smallest absolute Gasteiger partial charge is 0.105 e. The van der Waals surface area contributed by atoms with Crippen LogP contribution in [0.1, 0.15) is 38.5 Å². The Bertz CT molecular complexity index is 300. The second-order valence-corrected chi connectivity index (χ2v) is 5.73. The molecule has 0 aromatic rings. The average molecular weight is 212 g/mol. The summed E-state index contributed by atoms with van der Waals surface area (Å²) in [5.41, 5.74) is 0. The summed E-state index contributed by atoms with van der Waals surface area (Å²) in [6, 6.07) is 0. The predicted octanol–water partition coefficient (Wildman–Crippen LogP) is 2.15. The van der Waals surface area contributed by atoms with Crippen LogP contribution in [-0.4, -0.2) is 27.2 Å². The van der Waals surface area contributed by atoms with Gasteiger partial charge in [0.2, 0.25) is 0 Å². The second kappa shape index (κ2) is 3.94. The van der Waals surface area contributed by atoms with E-state index in [4.69, 9.17) is 20.4 Å². The van der Waals surface area contributed by atoms with Gasteiger partial charge in [0.15, 0.2) is 0 Å². The Kier molecular flexibility index (Phi) is 2.70. The first-order chi connectivity index (χ1) is 7.66. The van der Waals surface area contributed by atoms with Crippen LogP contribution in [0.5, 0.6) is 0 Å². The normalized spacial score (nSPS) is 45.8. The fourth-order valence-electron chi connectivity index (χ4n) is 3.92. The maximum absolute atomic E-state index is 5.82. The quantitative estimate of drug-likeness (QED) is 0.441. The highest BCUT2D eigenvalue weighted by atomic mass is 16.5. The van der Waals surface area contributed by atoms with E-state index >= 15 is 0 Å². The van der Waals surface area contributed by atoms with E-state index in [0.717, 1.165) is 18.3 Å². The first kappa shape index (κ1) is 11.0. The highest BCUT2D eigenvalue weighted by molar-refractivity contribution is 6.40. The summed E-state index contributed by atoms with van der Waals surface area (Å²) >= 11 is 0. The summed E-state index contributed by atoms with van der Waals surface area (Å²) in [5.74, 6) is 2.31. The predicted molar refractivity (Wildman–Crippen MR) is 66.4 cm³/mol. The zero-order chi connectivity index (χ0) is 11.2. The number of ether oxygens (including phenoxy) is 1. The van der Waals surface area contributed by atoms with Crippen LogP contribution < -0.4 is 0 Å². The molecule has 2 fully saturated rings. The van der Waals surface area contributed by atoms with Crippen LogP contribution in [0.15, 0.2) is 12.2 Å². The van der Waals surface area contributed by atoms with Crippen LogP contribution in [0, 0.1) is 17.8 Å². The van der Waals surface area contributed by atoms with Gasteiger partial charge in [-0.1, -0.05) is 31.4 Å². The lowest BCUT2D eigenvalue weighted by Crippen LogP contribution is -2.48. The van der Waals surface area contributed by atoms with Gasteiger partial charge in [0, 0.05) is 11.3 Å². The lowest BCUT2D eigenvalue weighted by Gasteiger charge is -2.49. The Morgan fingerprint density at radius 1 is 1.06 bits per heavy atom. The maximum Gasteiger partial charge on any atom is 0.105 e. The molecule has 0 bridgehead atoms. The largest absolute Gasteiger partial charge is 0.387 e. The summed E-state index contributed by atoms with van der Waals surface area (Å²) in [7, 11) is 11.6. The number of hydrogen-bond donors (Lipinski definition) is 0. The molecule has 82 valence electrons. The Labute approximate surface area is 101 Å². The molecule has 1 nitrogen and oxygen atoms in total. The van der Waals surface area contributed by atoms with Crippen molar-refractivity contribution in [1.29, 1.82) is 0 Å². The fraction of sp³-hybridized carbons (Fsp3) is 0.846. The molecule has 0 saturated heterocycles. The zero-order valence-corrected chi connectivity index (χ0v) is 9.77. The lowest BCUT2D eigenvalue weighted by atomic mass is 9.59. The van der Waals surface area contributed by atoms with E-state index < -0.39 is 5.40 Å². The van der Waals surface area contributed by atoms with Gasteiger partial charge in [0.05, 0.1) is 6.10 Å². The van der Waals surface area contributed by atoms with Crippen molar-refractivity contribution in [2.45, 2.75) is 50.0 Å². The van der Waals surface area contributed by atoms with Gasteiger partial charge in [-0.2, -0.15) is 0 Å². The van der Waals surface area contributed by atoms with E-state index in [2.05, 4.69) is 6.08 Å². The van der Waals surface area contributed by atoms with Gasteiger partial charge >= 0.3 is 0 Å². The van der Waals surface area contributed by atoms with Gasteiger partial charge in [-0.05, 0) is 31.1 Å². The molecule has 2 saturated carbocycles. The molecule has 3 rings (SSSR count). The zero-order valence-electron chi connectivity index (χ0n) is 9.77. The van der Waals surface area contributed by atoms with Crippen molar-refractivity contribution in [1.82, 2.24) is 0 Å². The molecule has 0 aromatic heterocycles. The molecule has 3 heteroatoms. The Balaban J connectivity index is 1.81. The van der Waals surface area contributed by atoms with Crippen molar-refractivity contribution in [3.05, 3.63) is 12.2 Å². The third-order valence-corrected chi connectivity index (χ3v) is 4.65. The molecular formula is C13H18B2O. The Hall–Kier alpha value is -0.170. The van der Waals surface area contributed by atoms with E-state index in [-0.39, 0.29) is 6.10 Å². The molecule has 16 heavy (non-hydrogen) atoms. The van der Waals surface area contributed by atoms with E-state index in [0.29, 0.717) is 5.92 Å². The third-order valence-electron chi connectivity index (χ3n) is 4.65. The van der Waals surface area contributed by atoms with E-state index in [1.807, 2.05) is 6.08 Å². The Morgan fingerprint density at radius 2 is 1.88 bits per heavy atom. The first-order valence-corrected chi connectivity index (χ1v) is 6.61. The standard InChI is InChI=1S/C13H18B2O/c14-13(15)8-7-11-10-4-2-1-3-9(10)5-6-12(11)16-13/h7-12H,1-6H2. The molecule has 4 atom stereocenters. The molecule has 2 aliphatic carbocycles. The molecule has 1 heterocycles. The maximum atomic E-state index is 5.82. The molecule has 1 aliphatic heterocycles. The SMILES string of the molecule is [B]C1([B])C=CC2C(CCC3CCCCC32)O1. The molecule has 4 radical (unpaired) electrons. The molecule has 3 aliphatic rings. The summed E-state index contributed by atoms with van der Waals surface area (Å²) in [6.45, 7) is 0. The Morgan fingerprint density at radius 3 is 2.75 bits per heavy atom. The van der Waals surface area contributed by atoms with Crippen LogP contribution in [0.2, 0.25) is 0 Å². The second-order valence-electron chi connectivity index (χ2n) is 5.73. The summed E-state index contributed by atoms with van der Waals surface area (Å²) in [6.07, 6.45) is 12.4. The number of fused-ring (bicyclic) bond motifs is 3. The monoisotopic (exact) mass is 212 g/mol. The van der Waals surface area contributed by atoms with Crippen molar-refractivity contribution in [3.8, 4) is 0 Å². The number of hydrogen-bond acceptors (Lipinski definition) is 1. The molecule has 4 unspecified atom stereocenters. The summed E-state index contributed by atoms with van der Waals surface area (Å²) in [5, 5.41) is -1.03. The summed E-state index contributed by atoms with van der Waals surface area (Å²) in [4.78, 5) is 0. The van der Waals surface area contributed by atoms with Crippen LogP contribution in [0.25, 0.3) is 0 Å². The van der Waals surface area contributed by atoms with Crippen molar-refractivity contribution < 1.29 is 4.74 Å². The van der Waals surface area contributed by atoms with Crippen molar-refractivity contribution in [3.63, 3.8) is 0 Å². The van der Waals surface area contributed by atoms with Crippen LogP contribution in [0.4, 0.5) is 0 Å². The van der Waals surface area contributed by atoms with Gasteiger partial charge in [0.25, 0.3) is 0 Å². The van der Waals surface area contributed by atoms with Gasteiger partial charge in [0.1, 0.15) is 15.7 Å². The summed E-state index contributed by atoms with van der Waals surface area (Å²) < 4.78 is 5.80. The third kappa shape index (κ3) is 1.88. The van der Waals surface area contributed by atoms with Crippen LogP contribution in [0.3, 0.4) is 0 Å². The van der Waals surface area contributed by atoms with Crippen LogP contribution >= 0.6 is 0 Å². The van der Waals surface area contributed by atoms with E-state index in [1.165, 1.54) is 32.1 Å². The first-order valence-electron chi connectivity index (χ1n) is 6.61. The molecule has 0 amide bonds. The molecule has 0 spiro atoms. The van der Waals surface area contributed by atoms with E-state index in [1.54, 1.807) is 0 Å². The highest BCUT2D eigenvalue weighted by Gasteiger charge is 2.42. The van der Waals surface area contributed by atoms with Gasteiger partial charge in [-0.25, -0.2) is 0 Å². The van der Waals surface area contributed by atoms with Crippen molar-refractivity contribution >= 4 is 15.7 Å². The fourth-order valence-corrected chi connectivity index (χ4v) is 3.92. The molecule has 0 N–H and O–H groups in total. The van der Waals surface area contributed by atoms with Gasteiger partial charge in [-0.3, -0.25) is 0 Å². The van der Waals surface area contributed by atoms with Crippen molar-refractivity contribution in [2.75, 3.05) is 0 Å². The minimum Gasteiger partial charge on any atom is -0.387 e. The van der Waals surface area contributed by atoms with Gasteiger partial charge < -0.3 is 4.74 Å². The highest BCUT2D eigenvalue weighted by Crippen LogP contribution is 2.47. The van der Waals surface area contributed by atoms with Crippen molar-refractivity contribution in [2.24, 2.45) is 17.8 Å². The minimum absolute atomic E-state index is 0.263. The lowest BCUT2D eigenvalue weighted by molar-refractivity contribution is -0.0682. The number of rotatable bonds is 0. The minimum atomic E-state index is -1.03. The van der Waals surface area contributed by atoms with E-state index in [9.17, 15) is 0 Å². The average Bonchev–Trinajstić information content (AvgIpc) is 2.27. The topological polar surface area (TPSA) is 9.23 Å². The molecule has 0 aromatic carbocycles. The van der Waals surface area contributed by atoms with Gasteiger partial charge in [-0.15, -0.1) is 0 Å². The molecular weight excluding hydrogens is 194 g/mol. The van der Waals surface area contributed by atoms with Crippen LogP contribution in [-0.2, 0) is 4.74 Å².